The van der Waals surface area contributed by atoms with Gasteiger partial charge in [0.05, 0.1) is 23.5 Å². The third kappa shape index (κ3) is 2.77. The van der Waals surface area contributed by atoms with Crippen LogP contribution in [0.25, 0.3) is 10.4 Å². The molecule has 0 bridgehead atoms. The molecule has 2 heterocycles. The first-order valence-corrected chi connectivity index (χ1v) is 7.61. The summed E-state index contributed by atoms with van der Waals surface area (Å²) in [5.74, 6) is 0. The summed E-state index contributed by atoms with van der Waals surface area (Å²) in [6.07, 6.45) is 1.57. The van der Waals surface area contributed by atoms with E-state index >= 15 is 0 Å². The zero-order chi connectivity index (χ0) is 14.8. The van der Waals surface area contributed by atoms with Gasteiger partial charge < -0.3 is 14.7 Å². The molecule has 1 aromatic carbocycles. The second-order valence-corrected chi connectivity index (χ2v) is 5.90. The minimum atomic E-state index is -0.940. The van der Waals surface area contributed by atoms with Crippen LogP contribution >= 0.6 is 11.3 Å². The van der Waals surface area contributed by atoms with Crippen LogP contribution in [0, 0.1) is 0 Å². The normalized spacial score (nSPS) is 17.3. The molecule has 0 spiro atoms. The Bertz CT molecular complexity index is 642. The number of nitrogens with zero attached hydrogens (tertiary/aromatic N) is 2. The Morgan fingerprint density at radius 2 is 2.43 bits per heavy atom. The predicted octanol–water partition coefficient (Wildman–Crippen LogP) is 3.03. The highest BCUT2D eigenvalue weighted by atomic mass is 32.1. The molecular formula is C15H16N2O3S. The van der Waals surface area contributed by atoms with Gasteiger partial charge in [0.15, 0.2) is 0 Å². The molecule has 1 N–H and O–H groups in total. The fourth-order valence-corrected chi connectivity index (χ4v) is 3.31. The molecule has 0 unspecified atom stereocenters. The predicted molar refractivity (Wildman–Crippen MR) is 80.6 cm³/mol. The molecule has 21 heavy (non-hydrogen) atoms. The van der Waals surface area contributed by atoms with Crippen molar-refractivity contribution in [3.05, 3.63) is 41.0 Å². The van der Waals surface area contributed by atoms with Crippen LogP contribution in [0.5, 0.6) is 0 Å². The summed E-state index contributed by atoms with van der Waals surface area (Å²) in [4.78, 5) is 17.5. The van der Waals surface area contributed by atoms with Crippen LogP contribution in [0.3, 0.4) is 0 Å². The molecule has 1 atom stereocenters. The molecule has 1 amide bonds. The van der Waals surface area contributed by atoms with Crippen LogP contribution in [-0.2, 0) is 11.2 Å². The van der Waals surface area contributed by atoms with Crippen molar-refractivity contribution < 1.29 is 14.6 Å². The van der Waals surface area contributed by atoms with Crippen LogP contribution in [0.4, 0.5) is 4.79 Å². The number of carbonyl (C=O) groups is 1. The third-order valence-corrected chi connectivity index (χ3v) is 4.50. The highest BCUT2D eigenvalue weighted by Crippen LogP contribution is 2.36. The van der Waals surface area contributed by atoms with Crippen molar-refractivity contribution in [1.82, 2.24) is 9.88 Å². The molecule has 0 radical (unpaired) electrons. The van der Waals surface area contributed by atoms with Crippen molar-refractivity contribution in [3.8, 4) is 10.4 Å². The Kier molecular flexibility index (Phi) is 3.90. The highest BCUT2D eigenvalue weighted by Gasteiger charge is 2.25. The van der Waals surface area contributed by atoms with Gasteiger partial charge in [0.2, 0.25) is 0 Å². The van der Waals surface area contributed by atoms with Crippen LogP contribution in [0.15, 0.2) is 29.9 Å². The van der Waals surface area contributed by atoms with E-state index in [1.165, 1.54) is 16.0 Å². The third-order valence-electron chi connectivity index (χ3n) is 3.69. The molecule has 6 heteroatoms. The number of ether oxygens (including phenoxy) is 1. The van der Waals surface area contributed by atoms with E-state index in [9.17, 15) is 4.79 Å². The topological polar surface area (TPSA) is 62.7 Å². The van der Waals surface area contributed by atoms with Gasteiger partial charge in [0.25, 0.3) is 0 Å². The Morgan fingerprint density at radius 1 is 1.57 bits per heavy atom. The maximum Gasteiger partial charge on any atom is 0.407 e. The largest absolute Gasteiger partial charge is 0.465 e. The maximum atomic E-state index is 11.0. The van der Waals surface area contributed by atoms with Gasteiger partial charge in [-0.15, -0.1) is 11.3 Å². The van der Waals surface area contributed by atoms with E-state index < -0.39 is 6.09 Å². The molecule has 3 rings (SSSR count). The number of hydrogen-bond acceptors (Lipinski definition) is 4. The average molecular weight is 304 g/mol. The Balaban J connectivity index is 1.95. The second kappa shape index (κ2) is 5.83. The van der Waals surface area contributed by atoms with Crippen molar-refractivity contribution >= 4 is 17.4 Å². The summed E-state index contributed by atoms with van der Waals surface area (Å²) in [6, 6.07) is 6.12. The number of carboxylic acid groups (broad SMARTS) is 1. The first-order valence-electron chi connectivity index (χ1n) is 6.73. The molecule has 2 aromatic rings. The lowest BCUT2D eigenvalue weighted by atomic mass is 9.92. The molecule has 1 aliphatic rings. The smallest absolute Gasteiger partial charge is 0.407 e. The Hall–Kier alpha value is -1.92. The van der Waals surface area contributed by atoms with Crippen LogP contribution in [0.2, 0.25) is 0 Å². The van der Waals surface area contributed by atoms with Gasteiger partial charge in [-0.25, -0.2) is 4.79 Å². The molecule has 0 saturated heterocycles. The number of likely N-dealkylation sites (N-methyl/N-ethyl adjacent to an activating group) is 1. The second-order valence-electron chi connectivity index (χ2n) is 5.01. The van der Waals surface area contributed by atoms with Crippen molar-refractivity contribution in [2.75, 3.05) is 20.2 Å². The summed E-state index contributed by atoms with van der Waals surface area (Å²) in [7, 11) is 1.56. The lowest BCUT2D eigenvalue weighted by Gasteiger charge is -2.29. The monoisotopic (exact) mass is 304 g/mol. The first-order chi connectivity index (χ1) is 10.2. The van der Waals surface area contributed by atoms with E-state index in [0.29, 0.717) is 13.2 Å². The number of benzene rings is 1. The summed E-state index contributed by atoms with van der Waals surface area (Å²) in [6.45, 7) is 0.954. The van der Waals surface area contributed by atoms with Gasteiger partial charge >= 0.3 is 6.09 Å². The van der Waals surface area contributed by atoms with E-state index in [-0.39, 0.29) is 6.10 Å². The lowest BCUT2D eigenvalue weighted by Crippen LogP contribution is -2.32. The summed E-state index contributed by atoms with van der Waals surface area (Å²) < 4.78 is 5.78. The van der Waals surface area contributed by atoms with Gasteiger partial charge in [-0.3, -0.25) is 4.98 Å². The van der Waals surface area contributed by atoms with Crippen molar-refractivity contribution in [1.29, 1.82) is 0 Å². The number of fused-ring (bicyclic) bond motifs is 1. The Morgan fingerprint density at radius 3 is 3.14 bits per heavy atom. The molecule has 0 fully saturated rings. The molecule has 110 valence electrons. The van der Waals surface area contributed by atoms with Crippen molar-refractivity contribution in [2.24, 2.45) is 0 Å². The average Bonchev–Trinajstić information content (AvgIpc) is 3.01. The maximum absolute atomic E-state index is 11.0. The van der Waals surface area contributed by atoms with Gasteiger partial charge in [-0.05, 0) is 23.1 Å². The quantitative estimate of drug-likeness (QED) is 0.946. The summed E-state index contributed by atoms with van der Waals surface area (Å²) >= 11 is 1.61. The highest BCUT2D eigenvalue weighted by molar-refractivity contribution is 7.13. The number of rotatable bonds is 3. The zero-order valence-electron chi connectivity index (χ0n) is 11.7. The molecule has 0 aliphatic carbocycles. The lowest BCUT2D eigenvalue weighted by molar-refractivity contribution is 0.0225. The first kappa shape index (κ1) is 14.0. The molecule has 5 nitrogen and oxygen atoms in total. The van der Waals surface area contributed by atoms with Gasteiger partial charge in [-0.1, -0.05) is 18.2 Å². The van der Waals surface area contributed by atoms with Crippen LogP contribution < -0.4 is 0 Å². The fraction of sp³-hybridized carbons (Fsp3) is 0.333. The molecule has 0 saturated carbocycles. The standard InChI is InChI=1S/C15H16N2O3S/c1-17(15(18)19)8-13-11-3-2-4-12(10(11)5-6-20-13)14-7-16-9-21-14/h2-4,7,9,13H,5-6,8H2,1H3,(H,18,19)/t13-/m0/s1. The van der Waals surface area contributed by atoms with E-state index in [4.69, 9.17) is 9.84 Å². The summed E-state index contributed by atoms with van der Waals surface area (Å²) in [5.41, 5.74) is 5.34. The minimum absolute atomic E-state index is 0.206. The molecule has 1 aliphatic heterocycles. The van der Waals surface area contributed by atoms with E-state index in [0.717, 1.165) is 16.9 Å². The number of amides is 1. The van der Waals surface area contributed by atoms with E-state index in [2.05, 4.69) is 11.1 Å². The van der Waals surface area contributed by atoms with Crippen LogP contribution in [0.1, 0.15) is 17.2 Å². The van der Waals surface area contributed by atoms with E-state index in [1.54, 1.807) is 18.4 Å². The zero-order valence-corrected chi connectivity index (χ0v) is 12.5. The number of hydrogen-bond donors (Lipinski definition) is 1. The van der Waals surface area contributed by atoms with Crippen molar-refractivity contribution in [2.45, 2.75) is 12.5 Å². The SMILES string of the molecule is CN(C[C@@H]1OCCc2c(-c3cncs3)cccc21)C(=O)O. The Labute approximate surface area is 126 Å². The minimum Gasteiger partial charge on any atom is -0.465 e. The van der Waals surface area contributed by atoms with E-state index in [1.807, 2.05) is 23.8 Å². The molecule has 1 aromatic heterocycles. The molecular weight excluding hydrogens is 288 g/mol. The van der Waals surface area contributed by atoms with Gasteiger partial charge in [0, 0.05) is 13.2 Å². The summed E-state index contributed by atoms with van der Waals surface area (Å²) in [5, 5.41) is 9.03. The van der Waals surface area contributed by atoms with Gasteiger partial charge in [0.1, 0.15) is 6.10 Å². The number of thiazole rings is 1. The van der Waals surface area contributed by atoms with Crippen molar-refractivity contribution in [3.63, 3.8) is 0 Å². The van der Waals surface area contributed by atoms with Gasteiger partial charge in [-0.2, -0.15) is 0 Å². The fourth-order valence-electron chi connectivity index (χ4n) is 2.64. The number of aromatic nitrogens is 1. The van der Waals surface area contributed by atoms with Crippen LogP contribution in [-0.4, -0.2) is 41.3 Å².